The van der Waals surface area contributed by atoms with Crippen LogP contribution < -0.4 is 14.8 Å². The van der Waals surface area contributed by atoms with Crippen LogP contribution in [0.4, 0.5) is 0 Å². The highest BCUT2D eigenvalue weighted by Gasteiger charge is 2.22. The first-order chi connectivity index (χ1) is 16.2. The Kier molecular flexibility index (Phi) is 6.30. The number of carbonyl (C=O) groups excluding carboxylic acids is 1. The predicted octanol–water partition coefficient (Wildman–Crippen LogP) is 5.37. The molecule has 1 amide bonds. The molecule has 1 atom stereocenters. The molecular formula is C26H23N3O3S. The Balaban J connectivity index is 1.17. The van der Waals surface area contributed by atoms with Gasteiger partial charge in [0, 0.05) is 18.9 Å². The second-order valence-electron chi connectivity index (χ2n) is 7.78. The number of benzene rings is 2. The molecule has 0 bridgehead atoms. The Morgan fingerprint density at radius 2 is 1.97 bits per heavy atom. The van der Waals surface area contributed by atoms with E-state index in [-0.39, 0.29) is 12.0 Å². The Bertz CT molecular complexity index is 1230. The van der Waals surface area contributed by atoms with Crippen LogP contribution >= 0.6 is 11.3 Å². The van der Waals surface area contributed by atoms with Gasteiger partial charge < -0.3 is 14.8 Å². The molecule has 2 aromatic carbocycles. The minimum atomic E-state index is -0.151. The summed E-state index contributed by atoms with van der Waals surface area (Å²) in [6, 6.07) is 20.0. The third-order valence-electron chi connectivity index (χ3n) is 5.51. The summed E-state index contributed by atoms with van der Waals surface area (Å²) < 4.78 is 12.1. The number of pyridine rings is 1. The number of rotatable bonds is 7. The summed E-state index contributed by atoms with van der Waals surface area (Å²) in [4.78, 5) is 21.2. The minimum Gasteiger partial charge on any atom is -0.485 e. The van der Waals surface area contributed by atoms with Crippen LogP contribution in [0.25, 0.3) is 0 Å². The molecule has 5 rings (SSSR count). The van der Waals surface area contributed by atoms with Crippen molar-refractivity contribution in [2.24, 2.45) is 0 Å². The average molecular weight is 458 g/mol. The fourth-order valence-electron chi connectivity index (χ4n) is 3.80. The first-order valence-electron chi connectivity index (χ1n) is 10.9. The molecular weight excluding hydrogens is 434 g/mol. The fraction of sp³-hybridized carbons (Fsp3) is 0.192. The highest BCUT2D eigenvalue weighted by molar-refractivity contribution is 7.15. The molecule has 2 aromatic heterocycles. The molecule has 1 N–H and O–H groups in total. The van der Waals surface area contributed by atoms with E-state index in [1.54, 1.807) is 18.6 Å². The normalized spacial score (nSPS) is 14.7. The van der Waals surface area contributed by atoms with Gasteiger partial charge in [-0.05, 0) is 66.3 Å². The molecule has 0 saturated heterocycles. The van der Waals surface area contributed by atoms with Crippen LogP contribution in [0, 0.1) is 0 Å². The molecule has 166 valence electrons. The molecule has 4 aromatic rings. The van der Waals surface area contributed by atoms with E-state index in [0.29, 0.717) is 22.4 Å². The van der Waals surface area contributed by atoms with E-state index in [1.807, 2.05) is 48.5 Å². The van der Waals surface area contributed by atoms with Gasteiger partial charge in [-0.15, -0.1) is 0 Å². The van der Waals surface area contributed by atoms with Crippen LogP contribution in [0.5, 0.6) is 16.7 Å². The first kappa shape index (κ1) is 21.2. The summed E-state index contributed by atoms with van der Waals surface area (Å²) in [7, 11) is 0. The number of fused-ring (bicyclic) bond motifs is 1. The average Bonchev–Trinajstić information content (AvgIpc) is 3.33. The maximum atomic E-state index is 12.4. The number of ether oxygens (including phenoxy) is 2. The van der Waals surface area contributed by atoms with Gasteiger partial charge in [0.15, 0.2) is 0 Å². The quantitative estimate of drug-likeness (QED) is 0.404. The van der Waals surface area contributed by atoms with Crippen molar-refractivity contribution in [3.63, 3.8) is 0 Å². The van der Waals surface area contributed by atoms with Crippen molar-refractivity contribution in [1.29, 1.82) is 0 Å². The molecule has 1 aliphatic heterocycles. The molecule has 0 radical (unpaired) electrons. The molecule has 6 nitrogen and oxygen atoms in total. The zero-order valence-electron chi connectivity index (χ0n) is 17.9. The van der Waals surface area contributed by atoms with E-state index in [4.69, 9.17) is 9.47 Å². The second kappa shape index (κ2) is 9.83. The highest BCUT2D eigenvalue weighted by atomic mass is 32.1. The summed E-state index contributed by atoms with van der Waals surface area (Å²) in [6.07, 6.45) is 7.70. The van der Waals surface area contributed by atoms with Gasteiger partial charge >= 0.3 is 0 Å². The van der Waals surface area contributed by atoms with Crippen molar-refractivity contribution in [2.75, 3.05) is 6.54 Å². The Morgan fingerprint density at radius 1 is 1.12 bits per heavy atom. The van der Waals surface area contributed by atoms with Gasteiger partial charge in [-0.3, -0.25) is 9.78 Å². The zero-order chi connectivity index (χ0) is 22.5. The topological polar surface area (TPSA) is 73.3 Å². The maximum absolute atomic E-state index is 12.4. The molecule has 0 fully saturated rings. The van der Waals surface area contributed by atoms with Crippen molar-refractivity contribution in [3.05, 3.63) is 101 Å². The number of hydrogen-bond acceptors (Lipinski definition) is 6. The SMILES string of the molecule is O=C(NCCc1ccncc1)c1cnc(Oc2ccc3c(c2)CCC(c2ccccc2)O3)s1. The summed E-state index contributed by atoms with van der Waals surface area (Å²) in [5, 5.41) is 3.36. The maximum Gasteiger partial charge on any atom is 0.279 e. The Morgan fingerprint density at radius 3 is 2.82 bits per heavy atom. The lowest BCUT2D eigenvalue weighted by molar-refractivity contribution is 0.0958. The third-order valence-corrected chi connectivity index (χ3v) is 6.38. The van der Waals surface area contributed by atoms with Crippen LogP contribution in [0.3, 0.4) is 0 Å². The van der Waals surface area contributed by atoms with Crippen LogP contribution in [-0.2, 0) is 12.8 Å². The third kappa shape index (κ3) is 5.21. The van der Waals surface area contributed by atoms with Gasteiger partial charge in [0.25, 0.3) is 11.1 Å². The van der Waals surface area contributed by atoms with E-state index in [0.717, 1.165) is 36.1 Å². The van der Waals surface area contributed by atoms with Crippen molar-refractivity contribution >= 4 is 17.2 Å². The van der Waals surface area contributed by atoms with E-state index in [2.05, 4.69) is 27.4 Å². The Labute approximate surface area is 196 Å². The predicted molar refractivity (Wildman–Crippen MR) is 127 cm³/mol. The summed E-state index contributed by atoms with van der Waals surface area (Å²) in [5.41, 5.74) is 3.44. The first-order valence-corrected chi connectivity index (χ1v) is 11.7. The van der Waals surface area contributed by atoms with E-state index >= 15 is 0 Å². The summed E-state index contributed by atoms with van der Waals surface area (Å²) in [5.74, 6) is 1.42. The number of carbonyl (C=O) groups is 1. The number of aromatic nitrogens is 2. The zero-order valence-corrected chi connectivity index (χ0v) is 18.8. The van der Waals surface area contributed by atoms with E-state index < -0.39 is 0 Å². The van der Waals surface area contributed by atoms with Crippen molar-refractivity contribution in [1.82, 2.24) is 15.3 Å². The molecule has 33 heavy (non-hydrogen) atoms. The van der Waals surface area contributed by atoms with Crippen LogP contribution in [-0.4, -0.2) is 22.4 Å². The van der Waals surface area contributed by atoms with Gasteiger partial charge in [0.1, 0.15) is 22.5 Å². The van der Waals surface area contributed by atoms with Gasteiger partial charge in [-0.25, -0.2) is 4.98 Å². The largest absolute Gasteiger partial charge is 0.485 e. The number of nitrogens with zero attached hydrogens (tertiary/aromatic N) is 2. The fourth-order valence-corrected chi connectivity index (χ4v) is 4.50. The smallest absolute Gasteiger partial charge is 0.279 e. The lowest BCUT2D eigenvalue weighted by Gasteiger charge is -2.26. The Hall–Kier alpha value is -3.71. The molecule has 0 aliphatic carbocycles. The second-order valence-corrected chi connectivity index (χ2v) is 8.77. The monoisotopic (exact) mass is 457 g/mol. The van der Waals surface area contributed by atoms with Crippen molar-refractivity contribution < 1.29 is 14.3 Å². The minimum absolute atomic E-state index is 0.0732. The van der Waals surface area contributed by atoms with Gasteiger partial charge in [0.2, 0.25) is 0 Å². The van der Waals surface area contributed by atoms with Crippen LogP contribution in [0.2, 0.25) is 0 Å². The molecule has 0 saturated carbocycles. The molecule has 7 heteroatoms. The number of hydrogen-bond donors (Lipinski definition) is 1. The van der Waals surface area contributed by atoms with Crippen LogP contribution in [0.1, 0.15) is 38.9 Å². The summed E-state index contributed by atoms with van der Waals surface area (Å²) in [6.45, 7) is 0.547. The number of aryl methyl sites for hydroxylation is 1. The van der Waals surface area contributed by atoms with E-state index in [9.17, 15) is 4.79 Å². The molecule has 3 heterocycles. The number of thiazole rings is 1. The van der Waals surface area contributed by atoms with Gasteiger partial charge in [-0.2, -0.15) is 0 Å². The standard InChI is InChI=1S/C26H23N3O3S/c30-25(28-15-12-18-10-13-27-14-11-18)24-17-29-26(33-24)31-21-7-9-23-20(16-21)6-8-22(32-23)19-4-2-1-3-5-19/h1-5,7,9-11,13-14,16-17,22H,6,8,12,15H2,(H,28,30). The summed E-state index contributed by atoms with van der Waals surface area (Å²) >= 11 is 1.23. The van der Waals surface area contributed by atoms with E-state index in [1.165, 1.54) is 16.9 Å². The lowest BCUT2D eigenvalue weighted by Crippen LogP contribution is -2.24. The lowest BCUT2D eigenvalue weighted by atomic mass is 9.97. The number of amides is 1. The highest BCUT2D eigenvalue weighted by Crippen LogP contribution is 2.38. The van der Waals surface area contributed by atoms with Gasteiger partial charge in [-0.1, -0.05) is 41.7 Å². The number of nitrogens with one attached hydrogen (secondary N) is 1. The van der Waals surface area contributed by atoms with Crippen molar-refractivity contribution in [3.8, 4) is 16.7 Å². The van der Waals surface area contributed by atoms with Crippen molar-refractivity contribution in [2.45, 2.75) is 25.4 Å². The van der Waals surface area contributed by atoms with Gasteiger partial charge in [0.05, 0.1) is 6.20 Å². The molecule has 1 unspecified atom stereocenters. The van der Waals surface area contributed by atoms with Crippen LogP contribution in [0.15, 0.2) is 79.3 Å². The molecule has 1 aliphatic rings. The molecule has 0 spiro atoms.